The first-order valence-corrected chi connectivity index (χ1v) is 5.87. The second-order valence-corrected chi connectivity index (χ2v) is 4.15. The second kappa shape index (κ2) is 4.57. The van der Waals surface area contributed by atoms with E-state index in [0.29, 0.717) is 11.7 Å². The van der Waals surface area contributed by atoms with Crippen molar-refractivity contribution >= 4 is 17.9 Å². The molecule has 94 valence electrons. The van der Waals surface area contributed by atoms with Crippen LogP contribution in [0.1, 0.15) is 17.1 Å². The summed E-state index contributed by atoms with van der Waals surface area (Å²) in [4.78, 5) is 15.9. The van der Waals surface area contributed by atoms with Crippen molar-refractivity contribution in [1.29, 1.82) is 0 Å². The van der Waals surface area contributed by atoms with E-state index in [4.69, 9.17) is 9.15 Å². The minimum atomic E-state index is -0.465. The van der Waals surface area contributed by atoms with E-state index in [1.54, 1.807) is 12.1 Å². The van der Waals surface area contributed by atoms with Gasteiger partial charge in [0.25, 0.3) is 0 Å². The Kier molecular flexibility index (Phi) is 2.76. The first kappa shape index (κ1) is 11.5. The van der Waals surface area contributed by atoms with E-state index < -0.39 is 5.97 Å². The van der Waals surface area contributed by atoms with Crippen molar-refractivity contribution in [1.82, 2.24) is 0 Å². The predicted molar refractivity (Wildman–Crippen MR) is 70.5 cm³/mol. The van der Waals surface area contributed by atoms with Crippen LogP contribution in [0.2, 0.25) is 0 Å². The maximum absolute atomic E-state index is 11.7. The maximum Gasteiger partial charge on any atom is 0.363 e. The van der Waals surface area contributed by atoms with Crippen LogP contribution in [0.25, 0.3) is 6.08 Å². The van der Waals surface area contributed by atoms with Gasteiger partial charge in [-0.25, -0.2) is 9.79 Å². The number of aryl methyl sites for hydroxylation is 1. The van der Waals surface area contributed by atoms with Crippen molar-refractivity contribution in [2.45, 2.75) is 6.92 Å². The smallest absolute Gasteiger partial charge is 0.363 e. The summed E-state index contributed by atoms with van der Waals surface area (Å²) in [5.74, 6) is 1.22. The highest BCUT2D eigenvalue weighted by Crippen LogP contribution is 2.19. The van der Waals surface area contributed by atoms with Gasteiger partial charge in [-0.1, -0.05) is 18.2 Å². The Morgan fingerprint density at radius 2 is 1.89 bits per heavy atom. The predicted octanol–water partition coefficient (Wildman–Crippen LogP) is 2.93. The fraction of sp³-hybridized carbons (Fsp3) is 0.0667. The topological polar surface area (TPSA) is 51.8 Å². The zero-order valence-corrected chi connectivity index (χ0v) is 10.3. The number of benzene rings is 1. The van der Waals surface area contributed by atoms with E-state index in [0.717, 1.165) is 11.3 Å². The zero-order chi connectivity index (χ0) is 13.2. The van der Waals surface area contributed by atoms with Crippen LogP contribution in [-0.4, -0.2) is 11.9 Å². The lowest BCUT2D eigenvalue weighted by Crippen LogP contribution is -2.04. The molecule has 0 bridgehead atoms. The van der Waals surface area contributed by atoms with Crippen LogP contribution in [0.3, 0.4) is 0 Å². The lowest BCUT2D eigenvalue weighted by Gasteiger charge is -1.97. The number of cyclic esters (lactones) is 1. The molecule has 1 aromatic heterocycles. The Morgan fingerprint density at radius 1 is 1.11 bits per heavy atom. The van der Waals surface area contributed by atoms with Gasteiger partial charge in [0.2, 0.25) is 5.90 Å². The van der Waals surface area contributed by atoms with E-state index in [9.17, 15) is 4.79 Å². The van der Waals surface area contributed by atoms with Gasteiger partial charge in [0.15, 0.2) is 5.70 Å². The lowest BCUT2D eigenvalue weighted by molar-refractivity contribution is -0.129. The Morgan fingerprint density at radius 3 is 2.58 bits per heavy atom. The van der Waals surface area contributed by atoms with Gasteiger partial charge in [-0.3, -0.25) is 0 Å². The fourth-order valence-corrected chi connectivity index (χ4v) is 1.78. The molecule has 3 rings (SSSR count). The van der Waals surface area contributed by atoms with Crippen LogP contribution in [0.4, 0.5) is 0 Å². The normalized spacial score (nSPS) is 16.6. The van der Waals surface area contributed by atoms with E-state index in [1.807, 2.05) is 43.3 Å². The van der Waals surface area contributed by atoms with Crippen LogP contribution in [0.5, 0.6) is 0 Å². The van der Waals surface area contributed by atoms with Gasteiger partial charge in [0.05, 0.1) is 0 Å². The standard InChI is InChI=1S/C15H11NO3/c1-10-7-8-12(18-10)9-13-15(17)19-14(16-13)11-5-3-2-4-6-11/h2-9H,1H3. The van der Waals surface area contributed by atoms with Gasteiger partial charge in [0.1, 0.15) is 11.5 Å². The summed E-state index contributed by atoms with van der Waals surface area (Å²) in [6.07, 6.45) is 1.57. The van der Waals surface area contributed by atoms with E-state index in [1.165, 1.54) is 0 Å². The minimum absolute atomic E-state index is 0.244. The molecule has 0 unspecified atom stereocenters. The number of rotatable bonds is 2. The van der Waals surface area contributed by atoms with Gasteiger partial charge in [-0.15, -0.1) is 0 Å². The molecular weight excluding hydrogens is 242 g/mol. The fourth-order valence-electron chi connectivity index (χ4n) is 1.78. The molecule has 2 aromatic rings. The molecule has 0 atom stereocenters. The summed E-state index contributed by atoms with van der Waals surface area (Å²) in [6, 6.07) is 12.9. The highest BCUT2D eigenvalue weighted by molar-refractivity contribution is 6.12. The Hall–Kier alpha value is -2.62. The molecule has 0 spiro atoms. The van der Waals surface area contributed by atoms with Crippen molar-refractivity contribution in [3.05, 3.63) is 65.2 Å². The van der Waals surface area contributed by atoms with Gasteiger partial charge < -0.3 is 9.15 Å². The van der Waals surface area contributed by atoms with Crippen LogP contribution in [-0.2, 0) is 9.53 Å². The highest BCUT2D eigenvalue weighted by Gasteiger charge is 2.24. The van der Waals surface area contributed by atoms with Crippen LogP contribution >= 0.6 is 0 Å². The second-order valence-electron chi connectivity index (χ2n) is 4.15. The number of nitrogens with zero attached hydrogens (tertiary/aromatic N) is 1. The highest BCUT2D eigenvalue weighted by atomic mass is 16.6. The average molecular weight is 253 g/mol. The van der Waals surface area contributed by atoms with Gasteiger partial charge in [-0.2, -0.15) is 0 Å². The molecule has 0 amide bonds. The molecule has 0 saturated heterocycles. The number of hydrogen-bond acceptors (Lipinski definition) is 4. The summed E-state index contributed by atoms with van der Waals surface area (Å²) in [6.45, 7) is 1.84. The average Bonchev–Trinajstić information content (AvgIpc) is 2.98. The van der Waals surface area contributed by atoms with Crippen molar-refractivity contribution in [3.63, 3.8) is 0 Å². The summed E-state index contributed by atoms with van der Waals surface area (Å²) in [7, 11) is 0. The van der Waals surface area contributed by atoms with Crippen molar-refractivity contribution < 1.29 is 13.9 Å². The lowest BCUT2D eigenvalue weighted by atomic mass is 10.2. The molecule has 1 aliphatic heterocycles. The molecule has 0 saturated carbocycles. The largest absolute Gasteiger partial charge is 0.462 e. The molecule has 0 aliphatic carbocycles. The van der Waals surface area contributed by atoms with Crippen LogP contribution in [0, 0.1) is 6.92 Å². The number of esters is 1. The van der Waals surface area contributed by atoms with Crippen LogP contribution in [0.15, 0.2) is 57.6 Å². The van der Waals surface area contributed by atoms with Crippen molar-refractivity contribution in [2.24, 2.45) is 4.99 Å². The molecule has 0 N–H and O–H groups in total. The number of ether oxygens (including phenoxy) is 1. The molecular formula is C15H11NO3. The molecule has 19 heavy (non-hydrogen) atoms. The summed E-state index contributed by atoms with van der Waals surface area (Å²) in [5, 5.41) is 0. The molecule has 1 aliphatic rings. The first-order chi connectivity index (χ1) is 9.22. The number of furan rings is 1. The molecule has 1 aromatic carbocycles. The third kappa shape index (κ3) is 2.33. The van der Waals surface area contributed by atoms with Crippen molar-refractivity contribution in [2.75, 3.05) is 0 Å². The Balaban J connectivity index is 1.94. The number of carbonyl (C=O) groups is 1. The molecule has 4 heteroatoms. The molecule has 2 heterocycles. The minimum Gasteiger partial charge on any atom is -0.462 e. The molecule has 0 radical (unpaired) electrons. The SMILES string of the molecule is Cc1ccc(C=C2N=C(c3ccccc3)OC2=O)o1. The van der Waals surface area contributed by atoms with Gasteiger partial charge in [-0.05, 0) is 31.2 Å². The van der Waals surface area contributed by atoms with Gasteiger partial charge in [0, 0.05) is 11.6 Å². The first-order valence-electron chi connectivity index (χ1n) is 5.87. The zero-order valence-electron chi connectivity index (χ0n) is 10.3. The van der Waals surface area contributed by atoms with Crippen molar-refractivity contribution in [3.8, 4) is 0 Å². The number of carbonyl (C=O) groups excluding carboxylic acids is 1. The van der Waals surface area contributed by atoms with E-state index in [2.05, 4.69) is 4.99 Å². The van der Waals surface area contributed by atoms with Crippen LogP contribution < -0.4 is 0 Å². The quantitative estimate of drug-likeness (QED) is 0.610. The number of aliphatic imine (C=N–C) groups is 1. The van der Waals surface area contributed by atoms with E-state index >= 15 is 0 Å². The Bertz CT molecular complexity index is 680. The summed E-state index contributed by atoms with van der Waals surface area (Å²) >= 11 is 0. The monoisotopic (exact) mass is 253 g/mol. The molecule has 0 fully saturated rings. The van der Waals surface area contributed by atoms with E-state index in [-0.39, 0.29) is 5.70 Å². The third-order valence-electron chi connectivity index (χ3n) is 2.68. The maximum atomic E-state index is 11.7. The third-order valence-corrected chi connectivity index (χ3v) is 2.68. The molecule has 4 nitrogen and oxygen atoms in total. The Labute approximate surface area is 110 Å². The number of hydrogen-bond donors (Lipinski definition) is 0. The summed E-state index contributed by atoms with van der Waals surface area (Å²) in [5.41, 5.74) is 1.02. The van der Waals surface area contributed by atoms with Gasteiger partial charge >= 0.3 is 5.97 Å². The summed E-state index contributed by atoms with van der Waals surface area (Å²) < 4.78 is 10.5.